The number of benzene rings is 1. The van der Waals surface area contributed by atoms with Gasteiger partial charge in [-0.15, -0.1) is 0 Å². The van der Waals surface area contributed by atoms with E-state index < -0.39 is 0 Å². The van der Waals surface area contributed by atoms with E-state index in [0.717, 1.165) is 5.56 Å². The molecule has 0 saturated carbocycles. The highest BCUT2D eigenvalue weighted by Gasteiger charge is 2.06. The Kier molecular flexibility index (Phi) is 3.24. The lowest BCUT2D eigenvalue weighted by Gasteiger charge is -2.06. The minimum absolute atomic E-state index is 0.283. The number of hydrogen-bond donors (Lipinski definition) is 1. The Morgan fingerprint density at radius 1 is 1.17 bits per heavy atom. The highest BCUT2D eigenvalue weighted by molar-refractivity contribution is 5.58. The van der Waals surface area contributed by atoms with Gasteiger partial charge < -0.3 is 5.73 Å². The third-order valence-corrected chi connectivity index (χ3v) is 2.70. The van der Waals surface area contributed by atoms with Gasteiger partial charge >= 0.3 is 0 Å². The molecule has 0 aliphatic carbocycles. The Hall–Kier alpha value is -2.41. The van der Waals surface area contributed by atoms with E-state index in [2.05, 4.69) is 23.8 Å². The van der Waals surface area contributed by atoms with Crippen molar-refractivity contribution in [3.63, 3.8) is 0 Å². The van der Waals surface area contributed by atoms with Gasteiger partial charge in [0.05, 0.1) is 0 Å². The standard InChI is InChI=1S/C14H14N4/c1-9(2)10-3-5-11(6-4-10)14-17-12(8-15)7-13(16)18-14/h3-7,9H,1-2H3,(H2,16,17,18). The van der Waals surface area contributed by atoms with Crippen molar-refractivity contribution in [3.8, 4) is 17.5 Å². The van der Waals surface area contributed by atoms with Crippen LogP contribution in [0.1, 0.15) is 31.0 Å². The van der Waals surface area contributed by atoms with Gasteiger partial charge in [-0.3, -0.25) is 0 Å². The van der Waals surface area contributed by atoms with Crippen LogP contribution >= 0.6 is 0 Å². The Morgan fingerprint density at radius 2 is 1.83 bits per heavy atom. The minimum atomic E-state index is 0.283. The molecule has 0 spiro atoms. The van der Waals surface area contributed by atoms with Crippen LogP contribution in [0.4, 0.5) is 5.82 Å². The molecule has 2 rings (SSSR count). The first-order valence-corrected chi connectivity index (χ1v) is 5.75. The summed E-state index contributed by atoms with van der Waals surface area (Å²) in [6.07, 6.45) is 0. The van der Waals surface area contributed by atoms with Crippen LogP contribution in [0.3, 0.4) is 0 Å². The van der Waals surface area contributed by atoms with Crippen LogP contribution in [-0.2, 0) is 0 Å². The Morgan fingerprint density at radius 3 is 2.39 bits per heavy atom. The largest absolute Gasteiger partial charge is 0.384 e. The number of hydrogen-bond acceptors (Lipinski definition) is 4. The minimum Gasteiger partial charge on any atom is -0.384 e. The van der Waals surface area contributed by atoms with Gasteiger partial charge in [-0.1, -0.05) is 38.1 Å². The number of aromatic nitrogens is 2. The average Bonchev–Trinajstić information content (AvgIpc) is 2.38. The van der Waals surface area contributed by atoms with Crippen LogP contribution in [0.2, 0.25) is 0 Å². The van der Waals surface area contributed by atoms with E-state index in [1.54, 1.807) is 0 Å². The quantitative estimate of drug-likeness (QED) is 0.872. The molecule has 0 aliphatic rings. The molecule has 0 saturated heterocycles. The Bertz CT molecular complexity index is 594. The van der Waals surface area contributed by atoms with Gasteiger partial charge in [-0.2, -0.15) is 5.26 Å². The van der Waals surface area contributed by atoms with Crippen LogP contribution in [0, 0.1) is 11.3 Å². The monoisotopic (exact) mass is 238 g/mol. The highest BCUT2D eigenvalue weighted by atomic mass is 14.9. The van der Waals surface area contributed by atoms with Crippen LogP contribution in [-0.4, -0.2) is 9.97 Å². The number of nitrogens with two attached hydrogens (primary N) is 1. The van der Waals surface area contributed by atoms with E-state index in [-0.39, 0.29) is 5.69 Å². The molecule has 0 bridgehead atoms. The van der Waals surface area contributed by atoms with Gasteiger partial charge in [0.25, 0.3) is 0 Å². The lowest BCUT2D eigenvalue weighted by molar-refractivity contribution is 0.867. The maximum atomic E-state index is 8.85. The van der Waals surface area contributed by atoms with Crippen LogP contribution in [0.25, 0.3) is 11.4 Å². The molecule has 18 heavy (non-hydrogen) atoms. The molecule has 90 valence electrons. The highest BCUT2D eigenvalue weighted by Crippen LogP contribution is 2.20. The van der Waals surface area contributed by atoms with Gasteiger partial charge in [0.2, 0.25) is 0 Å². The lowest BCUT2D eigenvalue weighted by Crippen LogP contribution is -1.98. The molecule has 0 fully saturated rings. The first-order chi connectivity index (χ1) is 8.60. The predicted molar refractivity (Wildman–Crippen MR) is 70.7 cm³/mol. The summed E-state index contributed by atoms with van der Waals surface area (Å²) < 4.78 is 0. The molecule has 4 heteroatoms. The smallest absolute Gasteiger partial charge is 0.162 e. The van der Waals surface area contributed by atoms with Crippen LogP contribution in [0.15, 0.2) is 30.3 Å². The average molecular weight is 238 g/mol. The molecule has 0 radical (unpaired) electrons. The molecule has 1 aromatic heterocycles. The van der Waals surface area contributed by atoms with Gasteiger partial charge in [-0.05, 0) is 11.5 Å². The Balaban J connectivity index is 2.43. The molecule has 4 nitrogen and oxygen atoms in total. The summed E-state index contributed by atoms with van der Waals surface area (Å²) in [7, 11) is 0. The zero-order valence-electron chi connectivity index (χ0n) is 10.4. The van der Waals surface area contributed by atoms with E-state index in [9.17, 15) is 0 Å². The second kappa shape index (κ2) is 4.84. The van der Waals surface area contributed by atoms with E-state index in [1.807, 2.05) is 30.3 Å². The van der Waals surface area contributed by atoms with Crippen molar-refractivity contribution in [1.82, 2.24) is 9.97 Å². The maximum absolute atomic E-state index is 8.85. The molecular weight excluding hydrogens is 224 g/mol. The first-order valence-electron chi connectivity index (χ1n) is 5.75. The third kappa shape index (κ3) is 2.46. The molecule has 1 aromatic carbocycles. The molecule has 1 heterocycles. The van der Waals surface area contributed by atoms with Gasteiger partial charge in [-0.25, -0.2) is 9.97 Å². The zero-order valence-corrected chi connectivity index (χ0v) is 10.4. The molecule has 0 aliphatic heterocycles. The van der Waals surface area contributed by atoms with E-state index in [1.165, 1.54) is 11.6 Å². The summed E-state index contributed by atoms with van der Waals surface area (Å²) in [4.78, 5) is 8.29. The lowest BCUT2D eigenvalue weighted by atomic mass is 10.0. The normalized spacial score (nSPS) is 10.3. The summed E-state index contributed by atoms with van der Waals surface area (Å²) in [6.45, 7) is 4.28. The summed E-state index contributed by atoms with van der Waals surface area (Å²) >= 11 is 0. The predicted octanol–water partition coefficient (Wildman–Crippen LogP) is 2.72. The second-order valence-electron chi connectivity index (χ2n) is 4.39. The summed E-state index contributed by atoms with van der Waals surface area (Å²) in [5.74, 6) is 1.28. The second-order valence-corrected chi connectivity index (χ2v) is 4.39. The maximum Gasteiger partial charge on any atom is 0.162 e. The number of nitriles is 1. The number of anilines is 1. The van der Waals surface area contributed by atoms with Crippen molar-refractivity contribution >= 4 is 5.82 Å². The number of nitrogen functional groups attached to an aromatic ring is 1. The topological polar surface area (TPSA) is 75.6 Å². The summed E-state index contributed by atoms with van der Waals surface area (Å²) in [6, 6.07) is 11.4. The van der Waals surface area contributed by atoms with Gasteiger partial charge in [0, 0.05) is 11.6 Å². The van der Waals surface area contributed by atoms with Gasteiger partial charge in [0.1, 0.15) is 17.6 Å². The van der Waals surface area contributed by atoms with Crippen molar-refractivity contribution in [2.45, 2.75) is 19.8 Å². The zero-order chi connectivity index (χ0) is 13.1. The molecule has 2 N–H and O–H groups in total. The van der Waals surface area contributed by atoms with Crippen molar-refractivity contribution in [2.24, 2.45) is 0 Å². The van der Waals surface area contributed by atoms with Crippen molar-refractivity contribution < 1.29 is 0 Å². The fourth-order valence-corrected chi connectivity index (χ4v) is 1.67. The Labute approximate surface area is 106 Å². The van der Waals surface area contributed by atoms with Crippen molar-refractivity contribution in [3.05, 3.63) is 41.6 Å². The van der Waals surface area contributed by atoms with Crippen molar-refractivity contribution in [1.29, 1.82) is 5.26 Å². The fraction of sp³-hybridized carbons (Fsp3) is 0.214. The fourth-order valence-electron chi connectivity index (χ4n) is 1.67. The van der Waals surface area contributed by atoms with E-state index in [4.69, 9.17) is 11.0 Å². The van der Waals surface area contributed by atoms with E-state index >= 15 is 0 Å². The number of rotatable bonds is 2. The molecule has 0 atom stereocenters. The molecule has 0 unspecified atom stereocenters. The molecular formula is C14H14N4. The SMILES string of the molecule is CC(C)c1ccc(-c2nc(N)cc(C#N)n2)cc1. The van der Waals surface area contributed by atoms with E-state index in [0.29, 0.717) is 17.6 Å². The molecule has 0 amide bonds. The number of nitrogens with zero attached hydrogens (tertiary/aromatic N) is 3. The first kappa shape index (κ1) is 12.1. The summed E-state index contributed by atoms with van der Waals surface area (Å²) in [5.41, 5.74) is 8.05. The van der Waals surface area contributed by atoms with Crippen LogP contribution < -0.4 is 5.73 Å². The third-order valence-electron chi connectivity index (χ3n) is 2.70. The molecule has 2 aromatic rings. The van der Waals surface area contributed by atoms with Crippen LogP contribution in [0.5, 0.6) is 0 Å². The van der Waals surface area contributed by atoms with Crippen molar-refractivity contribution in [2.75, 3.05) is 5.73 Å². The summed E-state index contributed by atoms with van der Waals surface area (Å²) in [5, 5.41) is 8.85. The van der Waals surface area contributed by atoms with Gasteiger partial charge in [0.15, 0.2) is 5.82 Å².